The molecule has 1 aromatic heterocycles. The van der Waals surface area contributed by atoms with Crippen LogP contribution in [0.4, 0.5) is 5.82 Å². The monoisotopic (exact) mass is 281 g/mol. The van der Waals surface area contributed by atoms with Crippen LogP contribution in [0, 0.1) is 0 Å². The average Bonchev–Trinajstić information content (AvgIpc) is 2.48. The molecule has 0 saturated carbocycles. The molecule has 98 valence electrons. The van der Waals surface area contributed by atoms with Gasteiger partial charge in [0.2, 0.25) is 0 Å². The number of anilines is 1. The van der Waals surface area contributed by atoms with Crippen molar-refractivity contribution in [3.63, 3.8) is 0 Å². The number of halogens is 1. The zero-order valence-corrected chi connectivity index (χ0v) is 11.4. The SMILES string of the molecule is Nc1cc(-c2ccccc2)nc(-c2ccc(Cl)cc2)n1. The minimum atomic E-state index is 0.448. The number of rotatable bonds is 2. The molecular formula is C16H12ClN3. The molecule has 2 N–H and O–H groups in total. The first-order valence-corrected chi connectivity index (χ1v) is 6.56. The van der Waals surface area contributed by atoms with Gasteiger partial charge in [-0.25, -0.2) is 9.97 Å². The van der Waals surface area contributed by atoms with Crippen molar-refractivity contribution in [3.05, 3.63) is 65.7 Å². The Morgan fingerprint density at radius 2 is 1.50 bits per heavy atom. The average molecular weight is 282 g/mol. The van der Waals surface area contributed by atoms with Crippen molar-refractivity contribution in [3.8, 4) is 22.6 Å². The number of nitrogen functional groups attached to an aromatic ring is 1. The van der Waals surface area contributed by atoms with E-state index in [1.165, 1.54) is 0 Å². The second kappa shape index (κ2) is 5.31. The van der Waals surface area contributed by atoms with Crippen molar-refractivity contribution in [2.24, 2.45) is 0 Å². The molecule has 0 spiro atoms. The van der Waals surface area contributed by atoms with Crippen LogP contribution in [-0.2, 0) is 0 Å². The van der Waals surface area contributed by atoms with Gasteiger partial charge in [0, 0.05) is 22.2 Å². The quantitative estimate of drug-likeness (QED) is 0.771. The van der Waals surface area contributed by atoms with E-state index < -0.39 is 0 Å². The van der Waals surface area contributed by atoms with E-state index in [1.807, 2.05) is 54.6 Å². The number of hydrogen-bond donors (Lipinski definition) is 1. The maximum atomic E-state index is 5.89. The summed E-state index contributed by atoms with van der Waals surface area (Å²) in [6.45, 7) is 0. The molecule has 3 aromatic rings. The summed E-state index contributed by atoms with van der Waals surface area (Å²) < 4.78 is 0. The predicted molar refractivity (Wildman–Crippen MR) is 82.3 cm³/mol. The van der Waals surface area contributed by atoms with Gasteiger partial charge in [0.05, 0.1) is 5.69 Å². The molecular weight excluding hydrogens is 270 g/mol. The van der Waals surface area contributed by atoms with Gasteiger partial charge < -0.3 is 5.73 Å². The Hall–Kier alpha value is -2.39. The molecule has 0 saturated heterocycles. The van der Waals surface area contributed by atoms with Crippen molar-refractivity contribution in [2.45, 2.75) is 0 Å². The van der Waals surface area contributed by atoms with Gasteiger partial charge in [-0.05, 0) is 24.3 Å². The standard InChI is InChI=1S/C16H12ClN3/c17-13-8-6-12(7-9-13)16-19-14(10-15(18)20-16)11-4-2-1-3-5-11/h1-10H,(H2,18,19,20). The fourth-order valence-corrected chi connectivity index (χ4v) is 2.08. The molecule has 0 aliphatic heterocycles. The van der Waals surface area contributed by atoms with Crippen molar-refractivity contribution in [1.29, 1.82) is 0 Å². The van der Waals surface area contributed by atoms with E-state index in [2.05, 4.69) is 9.97 Å². The Bertz CT molecular complexity index is 724. The summed E-state index contributed by atoms with van der Waals surface area (Å²) in [6.07, 6.45) is 0. The lowest BCUT2D eigenvalue weighted by atomic mass is 10.1. The molecule has 0 aliphatic carbocycles. The summed E-state index contributed by atoms with van der Waals surface area (Å²) in [5, 5.41) is 0.681. The maximum Gasteiger partial charge on any atom is 0.162 e. The first kappa shape index (κ1) is 12.6. The Labute approximate surface area is 122 Å². The highest BCUT2D eigenvalue weighted by Crippen LogP contribution is 2.24. The van der Waals surface area contributed by atoms with E-state index in [1.54, 1.807) is 6.07 Å². The molecule has 0 aliphatic rings. The molecule has 4 heteroatoms. The van der Waals surface area contributed by atoms with Crippen LogP contribution in [0.2, 0.25) is 5.02 Å². The lowest BCUT2D eigenvalue weighted by molar-refractivity contribution is 1.19. The number of nitrogens with zero attached hydrogens (tertiary/aromatic N) is 2. The normalized spacial score (nSPS) is 10.4. The van der Waals surface area contributed by atoms with Crippen LogP contribution in [0.3, 0.4) is 0 Å². The molecule has 0 unspecified atom stereocenters. The summed E-state index contributed by atoms with van der Waals surface area (Å²) in [5.41, 5.74) is 8.59. The lowest BCUT2D eigenvalue weighted by Gasteiger charge is -2.06. The largest absolute Gasteiger partial charge is 0.384 e. The Morgan fingerprint density at radius 1 is 0.800 bits per heavy atom. The molecule has 0 fully saturated rings. The maximum absolute atomic E-state index is 5.89. The van der Waals surface area contributed by atoms with E-state index in [9.17, 15) is 0 Å². The summed E-state index contributed by atoms with van der Waals surface area (Å²) in [5.74, 6) is 1.05. The van der Waals surface area contributed by atoms with E-state index in [0.29, 0.717) is 16.7 Å². The third-order valence-electron chi connectivity index (χ3n) is 2.92. The van der Waals surface area contributed by atoms with Crippen LogP contribution in [0.1, 0.15) is 0 Å². The highest BCUT2D eigenvalue weighted by molar-refractivity contribution is 6.30. The van der Waals surface area contributed by atoms with E-state index in [0.717, 1.165) is 16.8 Å². The smallest absolute Gasteiger partial charge is 0.162 e. The van der Waals surface area contributed by atoms with Gasteiger partial charge in [-0.15, -0.1) is 0 Å². The molecule has 0 amide bonds. The molecule has 0 radical (unpaired) electrons. The second-order valence-electron chi connectivity index (χ2n) is 4.37. The topological polar surface area (TPSA) is 51.8 Å². The first-order chi connectivity index (χ1) is 9.72. The zero-order chi connectivity index (χ0) is 13.9. The highest BCUT2D eigenvalue weighted by Gasteiger charge is 2.07. The predicted octanol–water partition coefficient (Wildman–Crippen LogP) is 4.05. The summed E-state index contributed by atoms with van der Waals surface area (Å²) >= 11 is 5.89. The van der Waals surface area contributed by atoms with Gasteiger partial charge in [-0.1, -0.05) is 41.9 Å². The summed E-state index contributed by atoms with van der Waals surface area (Å²) in [4.78, 5) is 8.85. The summed E-state index contributed by atoms with van der Waals surface area (Å²) in [7, 11) is 0. The fourth-order valence-electron chi connectivity index (χ4n) is 1.95. The first-order valence-electron chi connectivity index (χ1n) is 6.18. The Kier molecular flexibility index (Phi) is 3.35. The van der Waals surface area contributed by atoms with Gasteiger partial charge in [-0.2, -0.15) is 0 Å². The van der Waals surface area contributed by atoms with Crippen molar-refractivity contribution >= 4 is 17.4 Å². The minimum absolute atomic E-state index is 0.448. The number of aromatic nitrogens is 2. The molecule has 20 heavy (non-hydrogen) atoms. The molecule has 3 rings (SSSR count). The van der Waals surface area contributed by atoms with Gasteiger partial charge >= 0.3 is 0 Å². The number of benzene rings is 2. The summed E-state index contributed by atoms with van der Waals surface area (Å²) in [6, 6.07) is 19.0. The third kappa shape index (κ3) is 2.63. The van der Waals surface area contributed by atoms with Crippen LogP contribution in [0.5, 0.6) is 0 Å². The Balaban J connectivity index is 2.09. The third-order valence-corrected chi connectivity index (χ3v) is 3.17. The molecule has 0 atom stereocenters. The van der Waals surface area contributed by atoms with Crippen LogP contribution in [-0.4, -0.2) is 9.97 Å². The highest BCUT2D eigenvalue weighted by atomic mass is 35.5. The van der Waals surface area contributed by atoms with Gasteiger partial charge in [0.15, 0.2) is 5.82 Å². The van der Waals surface area contributed by atoms with E-state index >= 15 is 0 Å². The van der Waals surface area contributed by atoms with Crippen LogP contribution >= 0.6 is 11.6 Å². The number of hydrogen-bond acceptors (Lipinski definition) is 3. The van der Waals surface area contributed by atoms with E-state index in [4.69, 9.17) is 17.3 Å². The van der Waals surface area contributed by atoms with Crippen LogP contribution < -0.4 is 5.73 Å². The van der Waals surface area contributed by atoms with Crippen LogP contribution in [0.25, 0.3) is 22.6 Å². The molecule has 0 bridgehead atoms. The van der Waals surface area contributed by atoms with Gasteiger partial charge in [0.25, 0.3) is 0 Å². The zero-order valence-electron chi connectivity index (χ0n) is 10.6. The Morgan fingerprint density at radius 3 is 2.20 bits per heavy atom. The van der Waals surface area contributed by atoms with Crippen molar-refractivity contribution in [1.82, 2.24) is 9.97 Å². The fraction of sp³-hybridized carbons (Fsp3) is 0. The number of nitrogens with two attached hydrogens (primary N) is 1. The van der Waals surface area contributed by atoms with Gasteiger partial charge in [0.1, 0.15) is 5.82 Å². The van der Waals surface area contributed by atoms with Crippen molar-refractivity contribution in [2.75, 3.05) is 5.73 Å². The lowest BCUT2D eigenvalue weighted by Crippen LogP contribution is -1.97. The van der Waals surface area contributed by atoms with E-state index in [-0.39, 0.29) is 0 Å². The molecule has 3 nitrogen and oxygen atoms in total. The molecule has 1 heterocycles. The van der Waals surface area contributed by atoms with Gasteiger partial charge in [-0.3, -0.25) is 0 Å². The minimum Gasteiger partial charge on any atom is -0.384 e. The molecule has 2 aromatic carbocycles. The van der Waals surface area contributed by atoms with Crippen LogP contribution in [0.15, 0.2) is 60.7 Å². The second-order valence-corrected chi connectivity index (χ2v) is 4.81. The van der Waals surface area contributed by atoms with Crippen molar-refractivity contribution < 1.29 is 0 Å².